The van der Waals surface area contributed by atoms with Crippen LogP contribution in [0, 0.1) is 6.92 Å². The molecule has 0 fully saturated rings. The van der Waals surface area contributed by atoms with E-state index in [0.29, 0.717) is 43.7 Å². The highest BCUT2D eigenvalue weighted by Gasteiger charge is 2.04. The molecule has 0 aromatic carbocycles. The van der Waals surface area contributed by atoms with Gasteiger partial charge in [-0.25, -0.2) is 4.79 Å². The number of likely N-dealkylation sites (N-methyl/N-ethyl adjacent to an activating group) is 1. The maximum atomic E-state index is 11.6. The molecular weight excluding hydrogens is 314 g/mol. The molecule has 0 aliphatic heterocycles. The number of nitrogens with zero attached hydrogens (tertiary/aromatic N) is 2. The van der Waals surface area contributed by atoms with Crippen LogP contribution in [0.5, 0.6) is 0 Å². The molecule has 0 atom stereocenters. The van der Waals surface area contributed by atoms with E-state index in [9.17, 15) is 19.2 Å². The lowest BCUT2D eigenvalue weighted by atomic mass is 10.3. The van der Waals surface area contributed by atoms with Crippen molar-refractivity contribution in [2.75, 3.05) is 26.7 Å². The molecule has 0 aliphatic rings. The minimum Gasteiger partial charge on any atom is -0.355 e. The van der Waals surface area contributed by atoms with E-state index in [0.717, 1.165) is 0 Å². The van der Waals surface area contributed by atoms with Gasteiger partial charge in [0, 0.05) is 56.8 Å². The number of carbonyl (C=O) groups is 2. The largest absolute Gasteiger partial charge is 0.355 e. The predicted molar refractivity (Wildman–Crippen MR) is 89.5 cm³/mol. The summed E-state index contributed by atoms with van der Waals surface area (Å²) in [5.41, 5.74) is 0.0616. The Bertz CT molecular complexity index is 719. The van der Waals surface area contributed by atoms with Crippen molar-refractivity contribution in [3.63, 3.8) is 0 Å². The van der Waals surface area contributed by atoms with Gasteiger partial charge in [0.15, 0.2) is 0 Å². The molecule has 0 radical (unpaired) electrons. The Kier molecular flexibility index (Phi) is 7.63. The molecule has 3 N–H and O–H groups in total. The Morgan fingerprint density at radius 1 is 1.38 bits per heavy atom. The van der Waals surface area contributed by atoms with E-state index >= 15 is 0 Å². The molecule has 0 saturated heterocycles. The maximum absolute atomic E-state index is 11.6. The first-order chi connectivity index (χ1) is 11.4. The molecule has 0 unspecified atom stereocenters. The molecule has 0 bridgehead atoms. The standard InChI is InChI=1S/C15H23N5O4/c1-11(13(22)16-3)8-19(10-21)6-4-17-5-7-20-9-12(2)14(23)18-15(20)24/h8-10,17H,4-7H2,1-3H3,(H,16,22)(H,18,23,24). The van der Waals surface area contributed by atoms with Crippen LogP contribution in [0.25, 0.3) is 0 Å². The van der Waals surface area contributed by atoms with Crippen LogP contribution in [-0.2, 0) is 16.1 Å². The number of amides is 2. The summed E-state index contributed by atoms with van der Waals surface area (Å²) in [5.74, 6) is -0.248. The number of hydrogen-bond donors (Lipinski definition) is 3. The molecule has 1 rings (SSSR count). The van der Waals surface area contributed by atoms with Gasteiger partial charge in [-0.05, 0) is 13.8 Å². The lowest BCUT2D eigenvalue weighted by Crippen LogP contribution is -2.35. The lowest BCUT2D eigenvalue weighted by Gasteiger charge is -2.14. The van der Waals surface area contributed by atoms with Crippen LogP contribution in [0.1, 0.15) is 12.5 Å². The molecule has 0 spiro atoms. The van der Waals surface area contributed by atoms with Gasteiger partial charge in [0.05, 0.1) is 0 Å². The Labute approximate surface area is 139 Å². The number of aryl methyl sites for hydroxylation is 1. The zero-order valence-electron chi connectivity index (χ0n) is 14.1. The molecule has 0 saturated carbocycles. The SMILES string of the molecule is CNC(=O)C(C)=CN(C=O)CCNCCn1cc(C)c(=O)[nH]c1=O. The van der Waals surface area contributed by atoms with E-state index in [1.807, 2.05) is 0 Å². The molecule has 9 heteroatoms. The molecule has 0 aliphatic carbocycles. The monoisotopic (exact) mass is 337 g/mol. The molecule has 9 nitrogen and oxygen atoms in total. The van der Waals surface area contributed by atoms with Crippen molar-refractivity contribution >= 4 is 12.3 Å². The fraction of sp³-hybridized carbons (Fsp3) is 0.467. The molecular formula is C15H23N5O4. The van der Waals surface area contributed by atoms with Gasteiger partial charge in [-0.2, -0.15) is 0 Å². The fourth-order valence-corrected chi connectivity index (χ4v) is 1.97. The number of hydrogen-bond acceptors (Lipinski definition) is 5. The van der Waals surface area contributed by atoms with Gasteiger partial charge in [-0.3, -0.25) is 23.9 Å². The summed E-state index contributed by atoms with van der Waals surface area (Å²) < 4.78 is 1.41. The molecule has 24 heavy (non-hydrogen) atoms. The first-order valence-electron chi connectivity index (χ1n) is 7.51. The predicted octanol–water partition coefficient (Wildman–Crippen LogP) is -1.46. The Morgan fingerprint density at radius 2 is 2.08 bits per heavy atom. The van der Waals surface area contributed by atoms with Crippen LogP contribution < -0.4 is 21.9 Å². The second-order valence-corrected chi connectivity index (χ2v) is 5.25. The van der Waals surface area contributed by atoms with Gasteiger partial charge in [0.1, 0.15) is 0 Å². The van der Waals surface area contributed by atoms with E-state index in [1.54, 1.807) is 13.8 Å². The van der Waals surface area contributed by atoms with Crippen molar-refractivity contribution in [1.29, 1.82) is 0 Å². The number of H-pyrrole nitrogens is 1. The third-order valence-corrected chi connectivity index (χ3v) is 3.35. The lowest BCUT2D eigenvalue weighted by molar-refractivity contribution is -0.117. The van der Waals surface area contributed by atoms with Crippen LogP contribution >= 0.6 is 0 Å². The van der Waals surface area contributed by atoms with Gasteiger partial charge < -0.3 is 15.5 Å². The maximum Gasteiger partial charge on any atom is 0.328 e. The summed E-state index contributed by atoms with van der Waals surface area (Å²) in [4.78, 5) is 48.9. The zero-order chi connectivity index (χ0) is 18.1. The number of carbonyl (C=O) groups excluding carboxylic acids is 2. The summed E-state index contributed by atoms with van der Waals surface area (Å²) in [7, 11) is 1.52. The zero-order valence-corrected chi connectivity index (χ0v) is 14.1. The Morgan fingerprint density at radius 3 is 2.71 bits per heavy atom. The average molecular weight is 337 g/mol. The van der Waals surface area contributed by atoms with Crippen LogP contribution in [0.4, 0.5) is 0 Å². The van der Waals surface area contributed by atoms with Crippen molar-refractivity contribution in [3.05, 3.63) is 44.4 Å². The van der Waals surface area contributed by atoms with E-state index < -0.39 is 5.69 Å². The van der Waals surface area contributed by atoms with Crippen molar-refractivity contribution in [2.24, 2.45) is 0 Å². The minimum atomic E-state index is -0.453. The fourth-order valence-electron chi connectivity index (χ4n) is 1.97. The highest BCUT2D eigenvalue weighted by Crippen LogP contribution is 1.95. The van der Waals surface area contributed by atoms with E-state index in [-0.39, 0.29) is 11.5 Å². The van der Waals surface area contributed by atoms with Crippen molar-refractivity contribution in [1.82, 2.24) is 25.1 Å². The average Bonchev–Trinajstić information content (AvgIpc) is 2.56. The molecule has 1 heterocycles. The number of aromatic amines is 1. The van der Waals surface area contributed by atoms with E-state index in [2.05, 4.69) is 15.6 Å². The topological polar surface area (TPSA) is 116 Å². The van der Waals surface area contributed by atoms with Gasteiger partial charge in [-0.1, -0.05) is 0 Å². The normalized spacial score (nSPS) is 11.2. The highest BCUT2D eigenvalue weighted by molar-refractivity contribution is 5.92. The molecule has 132 valence electrons. The van der Waals surface area contributed by atoms with Crippen molar-refractivity contribution < 1.29 is 9.59 Å². The summed E-state index contributed by atoms with van der Waals surface area (Å²) >= 11 is 0. The smallest absolute Gasteiger partial charge is 0.328 e. The minimum absolute atomic E-state index is 0.248. The molecule has 1 aromatic rings. The summed E-state index contributed by atoms with van der Waals surface area (Å²) in [6.45, 7) is 5.02. The van der Waals surface area contributed by atoms with Crippen molar-refractivity contribution in [2.45, 2.75) is 20.4 Å². The summed E-state index contributed by atoms with van der Waals surface area (Å²) in [6, 6.07) is 0. The van der Waals surface area contributed by atoms with Gasteiger partial charge >= 0.3 is 5.69 Å². The Hall–Kier alpha value is -2.68. The summed E-state index contributed by atoms with van der Waals surface area (Å²) in [5, 5.41) is 5.57. The van der Waals surface area contributed by atoms with Crippen molar-refractivity contribution in [3.8, 4) is 0 Å². The van der Waals surface area contributed by atoms with E-state index in [4.69, 9.17) is 0 Å². The van der Waals surface area contributed by atoms with E-state index in [1.165, 1.54) is 28.9 Å². The third-order valence-electron chi connectivity index (χ3n) is 3.35. The highest BCUT2D eigenvalue weighted by atomic mass is 16.2. The Balaban J connectivity index is 2.44. The quantitative estimate of drug-likeness (QED) is 0.289. The number of aromatic nitrogens is 2. The van der Waals surface area contributed by atoms with Crippen LogP contribution in [0.2, 0.25) is 0 Å². The molecule has 2 amide bonds. The first-order valence-corrected chi connectivity index (χ1v) is 7.51. The van der Waals surface area contributed by atoms with Gasteiger partial charge in [0.25, 0.3) is 5.56 Å². The summed E-state index contributed by atoms with van der Waals surface area (Å²) in [6.07, 6.45) is 3.63. The van der Waals surface area contributed by atoms with Gasteiger partial charge in [-0.15, -0.1) is 0 Å². The van der Waals surface area contributed by atoms with Crippen LogP contribution in [-0.4, -0.2) is 53.5 Å². The van der Waals surface area contributed by atoms with Crippen LogP contribution in [0.15, 0.2) is 27.6 Å². The number of rotatable bonds is 9. The van der Waals surface area contributed by atoms with Gasteiger partial charge in [0.2, 0.25) is 12.3 Å². The van der Waals surface area contributed by atoms with Crippen LogP contribution in [0.3, 0.4) is 0 Å². The molecule has 1 aromatic heterocycles. The second kappa shape index (κ2) is 9.46. The number of nitrogens with one attached hydrogen (secondary N) is 3. The first kappa shape index (κ1) is 19.4. The third kappa shape index (κ3) is 5.84. The second-order valence-electron chi connectivity index (χ2n) is 5.25.